The maximum Gasteiger partial charge on any atom is 0.327 e. The van der Waals surface area contributed by atoms with Crippen LogP contribution in [0.4, 0.5) is 14.9 Å². The summed E-state index contributed by atoms with van der Waals surface area (Å²) in [4.78, 5) is 44.4. The molecule has 0 bridgehead atoms. The van der Waals surface area contributed by atoms with Crippen molar-refractivity contribution < 1.29 is 18.8 Å². The number of benzene rings is 1. The summed E-state index contributed by atoms with van der Waals surface area (Å²) in [6, 6.07) is 5.92. The molecule has 3 aliphatic heterocycles. The lowest BCUT2D eigenvalue weighted by Gasteiger charge is -2.36. The molecule has 7 nitrogen and oxygen atoms in total. The van der Waals surface area contributed by atoms with E-state index >= 15 is 0 Å². The molecule has 3 aliphatic rings. The first-order valence-electron chi connectivity index (χ1n) is 10.4. The number of hydrogen-bond acceptors (Lipinski definition) is 4. The van der Waals surface area contributed by atoms with E-state index in [1.807, 2.05) is 4.90 Å². The lowest BCUT2D eigenvalue weighted by atomic mass is 10.0. The molecule has 3 fully saturated rings. The van der Waals surface area contributed by atoms with Gasteiger partial charge in [-0.3, -0.25) is 14.5 Å². The summed E-state index contributed by atoms with van der Waals surface area (Å²) < 4.78 is 13.1. The Morgan fingerprint density at radius 2 is 1.72 bits per heavy atom. The highest BCUT2D eigenvalue weighted by atomic mass is 19.1. The van der Waals surface area contributed by atoms with Crippen LogP contribution in [0.15, 0.2) is 24.3 Å². The maximum atomic E-state index is 13.1. The molecule has 3 saturated heterocycles. The molecule has 0 saturated carbocycles. The van der Waals surface area contributed by atoms with Gasteiger partial charge < -0.3 is 14.7 Å². The Hall–Kier alpha value is -2.64. The molecule has 0 aromatic heterocycles. The number of hydrogen-bond donors (Lipinski definition) is 0. The Morgan fingerprint density at radius 3 is 2.41 bits per heavy atom. The number of imide groups is 1. The van der Waals surface area contributed by atoms with Crippen LogP contribution >= 0.6 is 0 Å². The predicted octanol–water partition coefficient (Wildman–Crippen LogP) is 2.07. The third kappa shape index (κ3) is 4.06. The van der Waals surface area contributed by atoms with Crippen LogP contribution in [0.5, 0.6) is 0 Å². The Balaban J connectivity index is 1.22. The molecule has 1 aromatic rings. The molecule has 3 heterocycles. The van der Waals surface area contributed by atoms with Gasteiger partial charge in [0.2, 0.25) is 5.91 Å². The van der Waals surface area contributed by atoms with Crippen molar-refractivity contribution in [2.45, 2.75) is 38.1 Å². The first kappa shape index (κ1) is 19.7. The van der Waals surface area contributed by atoms with Crippen LogP contribution in [0.2, 0.25) is 0 Å². The minimum Gasteiger partial charge on any atom is -0.368 e. The zero-order valence-electron chi connectivity index (χ0n) is 16.6. The number of carbonyl (C=O) groups excluding carboxylic acids is 3. The fourth-order valence-corrected chi connectivity index (χ4v) is 4.46. The Morgan fingerprint density at radius 1 is 1.00 bits per heavy atom. The molecule has 1 unspecified atom stereocenters. The number of halogens is 1. The van der Waals surface area contributed by atoms with Gasteiger partial charge in [-0.2, -0.15) is 0 Å². The molecule has 4 amide bonds. The normalized spacial score (nSPS) is 22.3. The van der Waals surface area contributed by atoms with E-state index in [4.69, 9.17) is 0 Å². The lowest BCUT2D eigenvalue weighted by molar-refractivity contribution is -0.132. The van der Waals surface area contributed by atoms with Crippen LogP contribution in [-0.2, 0) is 9.59 Å². The smallest absolute Gasteiger partial charge is 0.327 e. The number of anilines is 1. The van der Waals surface area contributed by atoms with E-state index < -0.39 is 0 Å². The van der Waals surface area contributed by atoms with Gasteiger partial charge in [0.15, 0.2) is 0 Å². The second kappa shape index (κ2) is 8.39. The Labute approximate surface area is 170 Å². The predicted molar refractivity (Wildman–Crippen MR) is 106 cm³/mol. The summed E-state index contributed by atoms with van der Waals surface area (Å²) in [5.74, 6) is -0.302. The van der Waals surface area contributed by atoms with Crippen LogP contribution in [0, 0.1) is 5.82 Å². The number of amides is 4. The highest BCUT2D eigenvalue weighted by Crippen LogP contribution is 2.26. The Bertz CT molecular complexity index is 753. The number of nitrogens with zero attached hydrogens (tertiary/aromatic N) is 4. The minimum absolute atomic E-state index is 0.0561. The van der Waals surface area contributed by atoms with E-state index in [2.05, 4.69) is 4.90 Å². The van der Waals surface area contributed by atoms with Crippen molar-refractivity contribution in [3.05, 3.63) is 30.1 Å². The summed E-state index contributed by atoms with van der Waals surface area (Å²) in [6.45, 7) is 3.62. The van der Waals surface area contributed by atoms with Crippen molar-refractivity contribution in [2.24, 2.45) is 0 Å². The zero-order chi connectivity index (χ0) is 20.4. The van der Waals surface area contributed by atoms with E-state index in [1.165, 1.54) is 17.0 Å². The molecule has 0 radical (unpaired) electrons. The van der Waals surface area contributed by atoms with Crippen molar-refractivity contribution in [1.29, 1.82) is 0 Å². The molecular weight excluding hydrogens is 375 g/mol. The van der Waals surface area contributed by atoms with Crippen LogP contribution < -0.4 is 4.90 Å². The van der Waals surface area contributed by atoms with Gasteiger partial charge >= 0.3 is 6.03 Å². The molecule has 0 spiro atoms. The minimum atomic E-state index is -0.286. The van der Waals surface area contributed by atoms with E-state index in [0.29, 0.717) is 52.1 Å². The first-order chi connectivity index (χ1) is 14.0. The number of fused-ring (bicyclic) bond motifs is 1. The van der Waals surface area contributed by atoms with Crippen molar-refractivity contribution in [3.63, 3.8) is 0 Å². The molecule has 1 atom stereocenters. The van der Waals surface area contributed by atoms with Crippen LogP contribution in [0.1, 0.15) is 32.1 Å². The fourth-order valence-electron chi connectivity index (χ4n) is 4.46. The van der Waals surface area contributed by atoms with Crippen molar-refractivity contribution in [3.8, 4) is 0 Å². The third-order valence-corrected chi connectivity index (χ3v) is 6.13. The van der Waals surface area contributed by atoms with Crippen LogP contribution in [-0.4, -0.2) is 77.9 Å². The van der Waals surface area contributed by atoms with Crippen molar-refractivity contribution in [1.82, 2.24) is 14.7 Å². The number of piperazine rings is 1. The zero-order valence-corrected chi connectivity index (χ0v) is 16.6. The average Bonchev–Trinajstić information content (AvgIpc) is 2.99. The molecular formula is C21H27FN4O3. The average molecular weight is 402 g/mol. The van der Waals surface area contributed by atoms with Gasteiger partial charge in [0, 0.05) is 51.4 Å². The van der Waals surface area contributed by atoms with E-state index in [-0.39, 0.29) is 29.7 Å². The van der Waals surface area contributed by atoms with Crippen molar-refractivity contribution >= 4 is 23.5 Å². The first-order valence-corrected chi connectivity index (χ1v) is 10.4. The van der Waals surface area contributed by atoms with Gasteiger partial charge in [-0.15, -0.1) is 0 Å². The molecule has 1 aromatic carbocycles. The molecule has 8 heteroatoms. The second-order valence-corrected chi connectivity index (χ2v) is 7.93. The highest BCUT2D eigenvalue weighted by molar-refractivity contribution is 6.04. The largest absolute Gasteiger partial charge is 0.368 e. The van der Waals surface area contributed by atoms with E-state index in [0.717, 1.165) is 24.9 Å². The highest BCUT2D eigenvalue weighted by Gasteiger charge is 2.45. The molecule has 29 heavy (non-hydrogen) atoms. The van der Waals surface area contributed by atoms with E-state index in [9.17, 15) is 18.8 Å². The van der Waals surface area contributed by atoms with E-state index in [1.54, 1.807) is 17.0 Å². The second-order valence-electron chi connectivity index (χ2n) is 7.93. The van der Waals surface area contributed by atoms with Gasteiger partial charge in [-0.25, -0.2) is 9.18 Å². The summed E-state index contributed by atoms with van der Waals surface area (Å²) in [6.07, 6.45) is 3.51. The molecule has 0 aliphatic carbocycles. The van der Waals surface area contributed by atoms with Crippen molar-refractivity contribution in [2.75, 3.05) is 44.2 Å². The number of urea groups is 1. The number of piperidine rings is 1. The monoisotopic (exact) mass is 402 g/mol. The SMILES string of the molecule is O=C(CCCN1C(=O)C2CCCCN2C1=O)N1CCN(c2ccc(F)cc2)CC1. The van der Waals surface area contributed by atoms with Gasteiger partial charge in [-0.1, -0.05) is 0 Å². The van der Waals surface area contributed by atoms with Crippen LogP contribution in [0.3, 0.4) is 0 Å². The number of rotatable bonds is 5. The third-order valence-electron chi connectivity index (χ3n) is 6.13. The maximum absolute atomic E-state index is 13.1. The van der Waals surface area contributed by atoms with Gasteiger partial charge in [0.1, 0.15) is 11.9 Å². The lowest BCUT2D eigenvalue weighted by Crippen LogP contribution is -2.48. The quantitative estimate of drug-likeness (QED) is 0.708. The van der Waals surface area contributed by atoms with Gasteiger partial charge in [0.25, 0.3) is 5.91 Å². The summed E-state index contributed by atoms with van der Waals surface area (Å²) in [5.41, 5.74) is 0.959. The topological polar surface area (TPSA) is 64.2 Å². The van der Waals surface area contributed by atoms with Crippen LogP contribution in [0.25, 0.3) is 0 Å². The summed E-state index contributed by atoms with van der Waals surface area (Å²) >= 11 is 0. The Kier molecular flexibility index (Phi) is 5.69. The summed E-state index contributed by atoms with van der Waals surface area (Å²) in [5, 5.41) is 0. The fraction of sp³-hybridized carbons (Fsp3) is 0.571. The summed E-state index contributed by atoms with van der Waals surface area (Å²) in [7, 11) is 0. The molecule has 156 valence electrons. The molecule has 0 N–H and O–H groups in total. The van der Waals surface area contributed by atoms with Gasteiger partial charge in [-0.05, 0) is 49.9 Å². The number of carbonyl (C=O) groups is 3. The molecule has 4 rings (SSSR count). The van der Waals surface area contributed by atoms with Gasteiger partial charge in [0.05, 0.1) is 0 Å². The standard InChI is InChI=1S/C21H27FN4O3/c22-16-6-8-17(9-7-16)23-12-14-24(15-13-23)19(27)5-3-11-26-20(28)18-4-1-2-10-25(18)21(26)29/h6-9,18H,1-5,10-15H2.